The second-order valence-electron chi connectivity index (χ2n) is 8.81. The number of nitrogens with one attached hydrogen (secondary N) is 1. The Balaban J connectivity index is 1.13. The zero-order chi connectivity index (χ0) is 21.5. The highest BCUT2D eigenvalue weighted by molar-refractivity contribution is 5.79. The summed E-state index contributed by atoms with van der Waals surface area (Å²) < 4.78 is 11.1. The molecular formula is C26H34N2O3. The third kappa shape index (κ3) is 6.01. The quantitative estimate of drug-likeness (QED) is 0.659. The minimum atomic E-state index is -0.131. The van der Waals surface area contributed by atoms with E-state index >= 15 is 0 Å². The summed E-state index contributed by atoms with van der Waals surface area (Å²) in [4.78, 5) is 15.1. The number of fused-ring (bicyclic) bond motifs is 1. The van der Waals surface area contributed by atoms with Gasteiger partial charge in [-0.1, -0.05) is 30.3 Å². The molecule has 0 spiro atoms. The van der Waals surface area contributed by atoms with E-state index in [1.165, 1.54) is 37.9 Å². The van der Waals surface area contributed by atoms with Crippen molar-refractivity contribution in [2.24, 2.45) is 11.8 Å². The van der Waals surface area contributed by atoms with Crippen LogP contribution in [0.3, 0.4) is 0 Å². The second-order valence-corrected chi connectivity index (χ2v) is 8.81. The van der Waals surface area contributed by atoms with E-state index in [1.807, 2.05) is 18.2 Å². The molecule has 1 atom stereocenters. The number of piperidine rings is 1. The molecule has 2 heterocycles. The van der Waals surface area contributed by atoms with E-state index in [9.17, 15) is 4.79 Å². The van der Waals surface area contributed by atoms with Crippen LogP contribution >= 0.6 is 0 Å². The predicted molar refractivity (Wildman–Crippen MR) is 123 cm³/mol. The summed E-state index contributed by atoms with van der Waals surface area (Å²) in [6.07, 6.45) is 5.43. The first-order chi connectivity index (χ1) is 15.2. The van der Waals surface area contributed by atoms with Gasteiger partial charge in [0.1, 0.15) is 18.1 Å². The molecule has 2 aliphatic rings. The van der Waals surface area contributed by atoms with Crippen LogP contribution in [0.1, 0.15) is 30.4 Å². The van der Waals surface area contributed by atoms with Crippen LogP contribution in [0.4, 0.5) is 0 Å². The lowest BCUT2D eigenvalue weighted by atomic mass is 9.90. The van der Waals surface area contributed by atoms with Gasteiger partial charge >= 0.3 is 0 Å². The Labute approximate surface area is 185 Å². The first-order valence-electron chi connectivity index (χ1n) is 11.5. The van der Waals surface area contributed by atoms with E-state index in [0.717, 1.165) is 42.5 Å². The van der Waals surface area contributed by atoms with E-state index in [2.05, 4.69) is 40.5 Å². The Morgan fingerprint density at radius 2 is 1.97 bits per heavy atom. The second kappa shape index (κ2) is 10.7. The lowest BCUT2D eigenvalue weighted by molar-refractivity contribution is -0.126. The summed E-state index contributed by atoms with van der Waals surface area (Å²) in [6.45, 7) is 4.56. The molecule has 2 aliphatic heterocycles. The SMILES string of the molecule is COc1ccc2c(c1)C[C@@H](C(=O)NCCCN1CCC(Cc3ccccc3)CC1)CO2. The summed E-state index contributed by atoms with van der Waals surface area (Å²) in [5.74, 6) is 2.42. The topological polar surface area (TPSA) is 50.8 Å². The maximum atomic E-state index is 12.6. The van der Waals surface area contributed by atoms with Crippen molar-refractivity contribution in [3.05, 3.63) is 59.7 Å². The number of hydrogen-bond acceptors (Lipinski definition) is 4. The molecule has 1 N–H and O–H groups in total. The standard InChI is InChI=1S/C26H34N2O3/c1-30-24-8-9-25-22(18-24)17-23(19-31-25)26(29)27-12-5-13-28-14-10-21(11-15-28)16-20-6-3-2-4-7-20/h2-4,6-9,18,21,23H,5,10-17,19H2,1H3,(H,27,29)/t23-/m1/s1. The summed E-state index contributed by atoms with van der Waals surface area (Å²) in [7, 11) is 1.65. The molecule has 2 aromatic rings. The highest BCUT2D eigenvalue weighted by Gasteiger charge is 2.26. The lowest BCUT2D eigenvalue weighted by Crippen LogP contribution is -2.39. The maximum absolute atomic E-state index is 12.6. The van der Waals surface area contributed by atoms with Crippen molar-refractivity contribution in [3.63, 3.8) is 0 Å². The molecule has 0 unspecified atom stereocenters. The predicted octanol–water partition coefficient (Wildman–Crippen LogP) is 3.71. The minimum absolute atomic E-state index is 0.0926. The molecule has 0 aromatic heterocycles. The van der Waals surface area contributed by atoms with Crippen LogP contribution in [0, 0.1) is 11.8 Å². The number of rotatable bonds is 8. The van der Waals surface area contributed by atoms with Crippen LogP contribution in [0.2, 0.25) is 0 Å². The molecule has 0 radical (unpaired) electrons. The average Bonchev–Trinajstić information content (AvgIpc) is 2.82. The summed E-state index contributed by atoms with van der Waals surface area (Å²) in [5.41, 5.74) is 2.50. The Morgan fingerprint density at radius 3 is 2.74 bits per heavy atom. The van der Waals surface area contributed by atoms with Crippen LogP contribution < -0.4 is 14.8 Å². The number of methoxy groups -OCH3 is 1. The van der Waals surface area contributed by atoms with E-state index in [0.29, 0.717) is 13.0 Å². The number of carbonyl (C=O) groups excluding carboxylic acids is 1. The Hall–Kier alpha value is -2.53. The average molecular weight is 423 g/mol. The van der Waals surface area contributed by atoms with Gasteiger partial charge < -0.3 is 19.7 Å². The van der Waals surface area contributed by atoms with Crippen LogP contribution in [-0.2, 0) is 17.6 Å². The molecule has 1 fully saturated rings. The fourth-order valence-corrected chi connectivity index (χ4v) is 4.69. The van der Waals surface area contributed by atoms with Crippen molar-refractivity contribution in [1.29, 1.82) is 0 Å². The number of amides is 1. The van der Waals surface area contributed by atoms with E-state index in [1.54, 1.807) is 7.11 Å². The monoisotopic (exact) mass is 422 g/mol. The molecule has 0 saturated carbocycles. The van der Waals surface area contributed by atoms with Gasteiger partial charge in [0.15, 0.2) is 0 Å². The Morgan fingerprint density at radius 1 is 1.16 bits per heavy atom. The first-order valence-corrected chi connectivity index (χ1v) is 11.5. The molecule has 5 nitrogen and oxygen atoms in total. The zero-order valence-corrected chi connectivity index (χ0v) is 18.5. The molecule has 166 valence electrons. The van der Waals surface area contributed by atoms with Crippen molar-refractivity contribution in [3.8, 4) is 11.5 Å². The van der Waals surface area contributed by atoms with Gasteiger partial charge in [-0.2, -0.15) is 0 Å². The molecule has 5 heteroatoms. The van der Waals surface area contributed by atoms with Crippen molar-refractivity contribution in [2.45, 2.75) is 32.1 Å². The van der Waals surface area contributed by atoms with Crippen molar-refractivity contribution in [2.75, 3.05) is 39.9 Å². The fourth-order valence-electron chi connectivity index (χ4n) is 4.69. The normalized spacial score (nSPS) is 19.3. The van der Waals surface area contributed by atoms with E-state index in [-0.39, 0.29) is 11.8 Å². The number of likely N-dealkylation sites (tertiary alicyclic amines) is 1. The van der Waals surface area contributed by atoms with Gasteiger partial charge in [-0.25, -0.2) is 0 Å². The van der Waals surface area contributed by atoms with Crippen molar-refractivity contribution >= 4 is 5.91 Å². The lowest BCUT2D eigenvalue weighted by Gasteiger charge is -2.32. The number of benzene rings is 2. The van der Waals surface area contributed by atoms with Crippen LogP contribution in [0.5, 0.6) is 11.5 Å². The molecule has 0 aliphatic carbocycles. The zero-order valence-electron chi connectivity index (χ0n) is 18.5. The molecule has 31 heavy (non-hydrogen) atoms. The van der Waals surface area contributed by atoms with Gasteiger partial charge in [0.25, 0.3) is 0 Å². The van der Waals surface area contributed by atoms with Gasteiger partial charge in [-0.15, -0.1) is 0 Å². The first kappa shape index (κ1) is 21.7. The van der Waals surface area contributed by atoms with Crippen molar-refractivity contribution < 1.29 is 14.3 Å². The third-order valence-corrected chi connectivity index (χ3v) is 6.57. The Bertz CT molecular complexity index is 847. The molecule has 0 bridgehead atoms. The Kier molecular flexibility index (Phi) is 7.47. The van der Waals surface area contributed by atoms with Gasteiger partial charge in [-0.3, -0.25) is 4.79 Å². The summed E-state index contributed by atoms with van der Waals surface area (Å²) in [5, 5.41) is 3.12. The van der Waals surface area contributed by atoms with Gasteiger partial charge in [0.2, 0.25) is 5.91 Å². The van der Waals surface area contributed by atoms with Crippen LogP contribution in [0.25, 0.3) is 0 Å². The highest BCUT2D eigenvalue weighted by atomic mass is 16.5. The maximum Gasteiger partial charge on any atom is 0.226 e. The molecule has 1 amide bonds. The van der Waals surface area contributed by atoms with Crippen molar-refractivity contribution in [1.82, 2.24) is 10.2 Å². The van der Waals surface area contributed by atoms with Gasteiger partial charge in [-0.05, 0) is 87.0 Å². The summed E-state index contributed by atoms with van der Waals surface area (Å²) >= 11 is 0. The smallest absolute Gasteiger partial charge is 0.226 e. The third-order valence-electron chi connectivity index (χ3n) is 6.57. The van der Waals surface area contributed by atoms with E-state index in [4.69, 9.17) is 9.47 Å². The number of nitrogens with zero attached hydrogens (tertiary/aromatic N) is 1. The minimum Gasteiger partial charge on any atom is -0.497 e. The largest absolute Gasteiger partial charge is 0.497 e. The van der Waals surface area contributed by atoms with Gasteiger partial charge in [0.05, 0.1) is 13.0 Å². The molecular weight excluding hydrogens is 388 g/mol. The molecule has 4 rings (SSSR count). The number of ether oxygens (including phenoxy) is 2. The fraction of sp³-hybridized carbons (Fsp3) is 0.500. The highest BCUT2D eigenvalue weighted by Crippen LogP contribution is 2.30. The van der Waals surface area contributed by atoms with Gasteiger partial charge in [0, 0.05) is 6.54 Å². The summed E-state index contributed by atoms with van der Waals surface area (Å²) in [6, 6.07) is 16.6. The van der Waals surface area contributed by atoms with E-state index < -0.39 is 0 Å². The van der Waals surface area contributed by atoms with Crippen LogP contribution in [0.15, 0.2) is 48.5 Å². The van der Waals surface area contributed by atoms with Crippen LogP contribution in [-0.4, -0.2) is 50.7 Å². The number of hydrogen-bond donors (Lipinski definition) is 1. The molecule has 2 aromatic carbocycles. The number of carbonyl (C=O) groups is 1. The molecule has 1 saturated heterocycles.